The Morgan fingerprint density at radius 3 is 2.24 bits per heavy atom. The molecular formula is C9H12O6P2. The van der Waals surface area contributed by atoms with Crippen molar-refractivity contribution in [2.45, 2.75) is 5.66 Å². The van der Waals surface area contributed by atoms with Crippen molar-refractivity contribution in [2.75, 3.05) is 0 Å². The van der Waals surface area contributed by atoms with Crippen LogP contribution in [0, 0.1) is 0 Å². The first-order chi connectivity index (χ1) is 7.82. The van der Waals surface area contributed by atoms with Crippen LogP contribution in [0.4, 0.5) is 0 Å². The maximum absolute atomic E-state index is 11.0. The largest absolute Gasteiger partial charge is 0.336 e. The molecule has 0 aromatic heterocycles. The van der Waals surface area contributed by atoms with Gasteiger partial charge in [0, 0.05) is 0 Å². The van der Waals surface area contributed by atoms with Crippen molar-refractivity contribution in [3.8, 4) is 0 Å². The first-order valence-corrected chi connectivity index (χ1v) is 7.55. The third-order valence-corrected chi connectivity index (χ3v) is 3.31. The monoisotopic (exact) mass is 278 g/mol. The smallest absolute Gasteiger partial charge is 0.326 e. The van der Waals surface area contributed by atoms with Crippen molar-refractivity contribution in [1.82, 2.24) is 0 Å². The molecule has 17 heavy (non-hydrogen) atoms. The lowest BCUT2D eigenvalue weighted by atomic mass is 10.1. The summed E-state index contributed by atoms with van der Waals surface area (Å²) < 4.78 is 19.8. The Morgan fingerprint density at radius 2 is 1.71 bits per heavy atom. The van der Waals surface area contributed by atoms with Crippen LogP contribution in [-0.2, 0) is 9.13 Å². The molecule has 2 rings (SSSR count). The Bertz CT molecular complexity index is 488. The van der Waals surface area contributed by atoms with Crippen molar-refractivity contribution in [3.63, 3.8) is 0 Å². The number of benzene rings is 1. The highest BCUT2D eigenvalue weighted by atomic mass is 31.2. The van der Waals surface area contributed by atoms with E-state index >= 15 is 0 Å². The molecule has 0 amide bonds. The second-order valence-electron chi connectivity index (χ2n) is 3.30. The fraction of sp³-hybridized carbons (Fsp3) is 0.111. The number of allylic oxidation sites excluding steroid dienone is 1. The van der Waals surface area contributed by atoms with Gasteiger partial charge >= 0.3 is 15.9 Å². The molecule has 1 unspecified atom stereocenters. The van der Waals surface area contributed by atoms with E-state index in [9.17, 15) is 4.57 Å². The summed E-state index contributed by atoms with van der Waals surface area (Å²) in [5.74, 6) is 0. The number of hydrogen-bond acceptors (Lipinski definition) is 2. The van der Waals surface area contributed by atoms with Crippen LogP contribution >= 0.6 is 15.9 Å². The Morgan fingerprint density at radius 1 is 1.18 bits per heavy atom. The predicted molar refractivity (Wildman–Crippen MR) is 63.7 cm³/mol. The second kappa shape index (κ2) is 5.74. The molecule has 1 aromatic rings. The van der Waals surface area contributed by atoms with E-state index in [2.05, 4.69) is 0 Å². The van der Waals surface area contributed by atoms with E-state index in [-0.39, 0.29) is 0 Å². The zero-order valence-corrected chi connectivity index (χ0v) is 10.5. The van der Waals surface area contributed by atoms with E-state index in [0.29, 0.717) is 0 Å². The molecule has 0 saturated carbocycles. The minimum Gasteiger partial charge on any atom is -0.326 e. The summed E-state index contributed by atoms with van der Waals surface area (Å²) in [5, 5.41) is 0. The Kier molecular flexibility index (Phi) is 4.83. The average molecular weight is 278 g/mol. The van der Waals surface area contributed by atoms with Gasteiger partial charge in [-0.1, -0.05) is 36.4 Å². The fourth-order valence-corrected chi connectivity index (χ4v) is 2.43. The van der Waals surface area contributed by atoms with E-state index in [4.69, 9.17) is 24.1 Å². The van der Waals surface area contributed by atoms with Crippen LogP contribution in [0.5, 0.6) is 0 Å². The van der Waals surface area contributed by atoms with Crippen LogP contribution in [0.15, 0.2) is 30.3 Å². The lowest BCUT2D eigenvalue weighted by Gasteiger charge is -2.11. The highest BCUT2D eigenvalue weighted by Crippen LogP contribution is 2.55. The van der Waals surface area contributed by atoms with Gasteiger partial charge in [-0.05, 0) is 11.1 Å². The van der Waals surface area contributed by atoms with E-state index in [1.807, 2.05) is 12.1 Å². The standard InChI is InChI=1S/C9H9O3P.H3O3P/c10-13(11,12)9-6-5-7-3-1-2-4-8(7)9;1-4(2)3/h1-6,9H,(H2,10,11,12);4H,(H2,1,2,3). The topological polar surface area (TPSA) is 115 Å². The van der Waals surface area contributed by atoms with E-state index in [1.54, 1.807) is 24.3 Å². The molecule has 1 aliphatic rings. The van der Waals surface area contributed by atoms with Crippen molar-refractivity contribution < 1.29 is 28.7 Å². The molecule has 0 bridgehead atoms. The van der Waals surface area contributed by atoms with E-state index < -0.39 is 21.5 Å². The Balaban J connectivity index is 0.000000317. The molecule has 0 fully saturated rings. The van der Waals surface area contributed by atoms with Crippen LogP contribution < -0.4 is 0 Å². The van der Waals surface area contributed by atoms with Gasteiger partial charge in [0.2, 0.25) is 0 Å². The highest BCUT2D eigenvalue weighted by Gasteiger charge is 2.31. The molecule has 0 radical (unpaired) electrons. The van der Waals surface area contributed by atoms with E-state index in [1.165, 1.54) is 0 Å². The molecule has 0 saturated heterocycles. The quantitative estimate of drug-likeness (QED) is 0.575. The van der Waals surface area contributed by atoms with Crippen molar-refractivity contribution in [2.24, 2.45) is 0 Å². The molecule has 1 aromatic carbocycles. The summed E-state index contributed by atoms with van der Waals surface area (Å²) >= 11 is 0. The molecule has 4 N–H and O–H groups in total. The first kappa shape index (κ1) is 14.3. The molecule has 0 aliphatic heterocycles. The van der Waals surface area contributed by atoms with Crippen molar-refractivity contribution >= 4 is 21.9 Å². The fourth-order valence-electron chi connectivity index (χ4n) is 1.52. The van der Waals surface area contributed by atoms with Crippen LogP contribution in [0.25, 0.3) is 6.08 Å². The maximum Gasteiger partial charge on any atom is 0.336 e. The Hall–Kier alpha value is -0.740. The Labute approximate surface area is 98.4 Å². The van der Waals surface area contributed by atoms with Crippen molar-refractivity contribution in [3.05, 3.63) is 41.5 Å². The van der Waals surface area contributed by atoms with Gasteiger partial charge in [-0.2, -0.15) is 0 Å². The summed E-state index contributed by atoms with van der Waals surface area (Å²) in [4.78, 5) is 32.4. The third kappa shape index (κ3) is 4.21. The van der Waals surface area contributed by atoms with Gasteiger partial charge in [0.05, 0.1) is 0 Å². The summed E-state index contributed by atoms with van der Waals surface area (Å²) in [5.41, 5.74) is 0.871. The van der Waals surface area contributed by atoms with Gasteiger partial charge in [0.1, 0.15) is 5.66 Å². The minimum absolute atomic E-state index is 0.718. The normalized spacial score (nSPS) is 17.6. The molecule has 1 aliphatic carbocycles. The zero-order valence-electron chi connectivity index (χ0n) is 8.59. The van der Waals surface area contributed by atoms with Gasteiger partial charge in [-0.15, -0.1) is 0 Å². The lowest BCUT2D eigenvalue weighted by molar-refractivity contribution is 0.366. The summed E-state index contributed by atoms with van der Waals surface area (Å²) in [7, 11) is -7.16. The van der Waals surface area contributed by atoms with Crippen LogP contribution in [0.1, 0.15) is 16.8 Å². The van der Waals surface area contributed by atoms with Crippen LogP contribution in [0.3, 0.4) is 0 Å². The summed E-state index contributed by atoms with van der Waals surface area (Å²) in [6.07, 6.45) is 3.31. The van der Waals surface area contributed by atoms with Crippen molar-refractivity contribution in [1.29, 1.82) is 0 Å². The number of hydrogen-bond donors (Lipinski definition) is 4. The number of fused-ring (bicyclic) bond motifs is 1. The van der Waals surface area contributed by atoms with Crippen LogP contribution in [0.2, 0.25) is 0 Å². The number of rotatable bonds is 1. The highest BCUT2D eigenvalue weighted by molar-refractivity contribution is 7.52. The predicted octanol–water partition coefficient (Wildman–Crippen LogP) is 1.29. The molecule has 94 valence electrons. The minimum atomic E-state index is -4.03. The maximum atomic E-state index is 11.0. The van der Waals surface area contributed by atoms with Crippen LogP contribution in [-0.4, -0.2) is 19.6 Å². The van der Waals surface area contributed by atoms with Gasteiger partial charge in [-0.3, -0.25) is 9.13 Å². The SMILES string of the molecule is O=P(O)(O)C1C=Cc2ccccc21.O=[PH](O)O. The second-order valence-corrected chi connectivity index (χ2v) is 5.60. The zero-order chi connectivity index (χ0) is 13.1. The average Bonchev–Trinajstić information content (AvgIpc) is 2.58. The molecule has 0 heterocycles. The molecule has 1 atom stereocenters. The lowest BCUT2D eigenvalue weighted by Crippen LogP contribution is -1.93. The molecule has 8 heteroatoms. The molecule has 0 spiro atoms. The van der Waals surface area contributed by atoms with Gasteiger partial charge in [0.15, 0.2) is 0 Å². The summed E-state index contributed by atoms with van der Waals surface area (Å²) in [6, 6.07) is 7.24. The van der Waals surface area contributed by atoms with E-state index in [0.717, 1.165) is 11.1 Å². The summed E-state index contributed by atoms with van der Waals surface area (Å²) in [6.45, 7) is 0. The first-order valence-electron chi connectivity index (χ1n) is 4.56. The third-order valence-electron chi connectivity index (χ3n) is 2.14. The van der Waals surface area contributed by atoms with Gasteiger partial charge in [0.25, 0.3) is 0 Å². The van der Waals surface area contributed by atoms with Gasteiger partial charge in [-0.25, -0.2) is 0 Å². The van der Waals surface area contributed by atoms with Gasteiger partial charge < -0.3 is 19.6 Å². The molecular weight excluding hydrogens is 266 g/mol. The molecule has 6 nitrogen and oxygen atoms in total.